The van der Waals surface area contributed by atoms with Crippen LogP contribution in [0.3, 0.4) is 0 Å². The number of carbonyl (C=O) groups is 1. The minimum Gasteiger partial charge on any atom is -0.291 e. The highest BCUT2D eigenvalue weighted by atomic mass is 35.5. The average Bonchev–Trinajstić information content (AvgIpc) is 2.09. The van der Waals surface area contributed by atoms with E-state index in [-0.39, 0.29) is 10.6 Å². The molecule has 0 atom stereocenters. The molecule has 0 radical (unpaired) electrons. The van der Waals surface area contributed by atoms with Crippen molar-refractivity contribution >= 4 is 29.0 Å². The SMILES string of the molecule is O=C(Cc1cc(F)ccc1Cl)C(F)(F)Cl. The van der Waals surface area contributed by atoms with Gasteiger partial charge in [-0.3, -0.25) is 4.79 Å². The minimum atomic E-state index is -3.95. The number of Topliss-reactive ketones (excluding diaryl/α,β-unsaturated/α-hetero) is 1. The molecule has 1 aromatic carbocycles. The van der Waals surface area contributed by atoms with Crippen LogP contribution in [0.5, 0.6) is 0 Å². The van der Waals surface area contributed by atoms with Crippen molar-refractivity contribution in [2.24, 2.45) is 0 Å². The Morgan fingerprint density at radius 3 is 2.53 bits per heavy atom. The van der Waals surface area contributed by atoms with Crippen molar-refractivity contribution in [1.29, 1.82) is 0 Å². The summed E-state index contributed by atoms with van der Waals surface area (Å²) < 4.78 is 37.3. The number of halogens is 5. The molecule has 1 nitrogen and oxygen atoms in total. The normalized spacial score (nSPS) is 11.5. The Bertz CT molecular complexity index is 387. The zero-order valence-electron chi connectivity index (χ0n) is 7.24. The molecule has 15 heavy (non-hydrogen) atoms. The maximum atomic E-state index is 12.7. The van der Waals surface area contributed by atoms with E-state index in [2.05, 4.69) is 11.6 Å². The van der Waals surface area contributed by atoms with Gasteiger partial charge in [0.15, 0.2) is 0 Å². The number of rotatable bonds is 3. The van der Waals surface area contributed by atoms with Gasteiger partial charge in [0, 0.05) is 11.4 Å². The molecule has 0 bridgehead atoms. The second kappa shape index (κ2) is 4.41. The molecule has 0 amide bonds. The third kappa shape index (κ3) is 3.39. The summed E-state index contributed by atoms with van der Waals surface area (Å²) in [6.45, 7) is 0. The monoisotopic (exact) mass is 256 g/mol. The van der Waals surface area contributed by atoms with Gasteiger partial charge in [-0.1, -0.05) is 11.6 Å². The molecule has 0 fully saturated rings. The third-order valence-electron chi connectivity index (χ3n) is 1.67. The number of carbonyl (C=O) groups excluding carboxylic acids is 1. The summed E-state index contributed by atoms with van der Waals surface area (Å²) in [4.78, 5) is 10.8. The number of ketones is 1. The van der Waals surface area contributed by atoms with E-state index in [0.29, 0.717) is 0 Å². The van der Waals surface area contributed by atoms with Crippen LogP contribution in [0.2, 0.25) is 5.02 Å². The van der Waals surface area contributed by atoms with Crippen molar-refractivity contribution in [1.82, 2.24) is 0 Å². The van der Waals surface area contributed by atoms with Crippen LogP contribution < -0.4 is 0 Å². The molecule has 0 aliphatic carbocycles. The predicted molar refractivity (Wildman–Crippen MR) is 50.9 cm³/mol. The molecule has 6 heteroatoms. The smallest absolute Gasteiger partial charge is 0.291 e. The van der Waals surface area contributed by atoms with Gasteiger partial charge < -0.3 is 0 Å². The fraction of sp³-hybridized carbons (Fsp3) is 0.222. The quantitative estimate of drug-likeness (QED) is 0.758. The first kappa shape index (κ1) is 12.3. The molecule has 0 spiro atoms. The maximum absolute atomic E-state index is 12.7. The van der Waals surface area contributed by atoms with E-state index >= 15 is 0 Å². The van der Waals surface area contributed by atoms with Crippen molar-refractivity contribution in [3.63, 3.8) is 0 Å². The Hall–Kier alpha value is -0.740. The lowest BCUT2D eigenvalue weighted by molar-refractivity contribution is -0.132. The first-order valence-electron chi connectivity index (χ1n) is 3.84. The van der Waals surface area contributed by atoms with Gasteiger partial charge in [-0.2, -0.15) is 8.78 Å². The van der Waals surface area contributed by atoms with Gasteiger partial charge >= 0.3 is 5.38 Å². The van der Waals surface area contributed by atoms with Crippen LogP contribution in [0.15, 0.2) is 18.2 Å². The van der Waals surface area contributed by atoms with Crippen LogP contribution in [0.25, 0.3) is 0 Å². The standard InChI is InChI=1S/C9H5Cl2F3O/c10-7-2-1-6(12)3-5(7)4-8(15)9(11,13)14/h1-3H,4H2. The van der Waals surface area contributed by atoms with E-state index in [0.717, 1.165) is 12.1 Å². The number of benzene rings is 1. The Kier molecular flexibility index (Phi) is 3.62. The van der Waals surface area contributed by atoms with Gasteiger partial charge in [-0.15, -0.1) is 0 Å². The highest BCUT2D eigenvalue weighted by Gasteiger charge is 2.35. The Balaban J connectivity index is 2.90. The van der Waals surface area contributed by atoms with Gasteiger partial charge in [-0.25, -0.2) is 4.39 Å². The molecule has 0 heterocycles. The van der Waals surface area contributed by atoms with Gasteiger partial charge in [0.05, 0.1) is 0 Å². The lowest BCUT2D eigenvalue weighted by atomic mass is 10.1. The summed E-state index contributed by atoms with van der Waals surface area (Å²) in [5.41, 5.74) is -0.0120. The molecule has 0 N–H and O–H groups in total. The average molecular weight is 257 g/mol. The van der Waals surface area contributed by atoms with Gasteiger partial charge in [0.1, 0.15) is 5.82 Å². The van der Waals surface area contributed by atoms with Gasteiger partial charge in [0.25, 0.3) is 0 Å². The molecule has 0 saturated carbocycles. The lowest BCUT2D eigenvalue weighted by Crippen LogP contribution is -2.23. The van der Waals surface area contributed by atoms with Crippen LogP contribution in [-0.2, 0) is 11.2 Å². The van der Waals surface area contributed by atoms with Gasteiger partial charge in [0.2, 0.25) is 5.78 Å². The fourth-order valence-electron chi connectivity index (χ4n) is 0.952. The molecule has 1 aromatic rings. The highest BCUT2D eigenvalue weighted by molar-refractivity contribution is 6.34. The second-order valence-corrected chi connectivity index (χ2v) is 3.72. The fourth-order valence-corrected chi connectivity index (χ4v) is 1.20. The largest absolute Gasteiger partial charge is 0.380 e. The zero-order valence-corrected chi connectivity index (χ0v) is 8.75. The van der Waals surface area contributed by atoms with E-state index in [4.69, 9.17) is 11.6 Å². The van der Waals surface area contributed by atoms with Crippen molar-refractivity contribution in [2.45, 2.75) is 11.8 Å². The van der Waals surface area contributed by atoms with Crippen LogP contribution in [0.4, 0.5) is 13.2 Å². The third-order valence-corrected chi connectivity index (χ3v) is 2.25. The first-order chi connectivity index (χ1) is 6.80. The summed E-state index contributed by atoms with van der Waals surface area (Å²) in [6, 6.07) is 3.17. The van der Waals surface area contributed by atoms with Crippen LogP contribution >= 0.6 is 23.2 Å². The Morgan fingerprint density at radius 1 is 1.40 bits per heavy atom. The van der Waals surface area contributed by atoms with Crippen LogP contribution in [-0.4, -0.2) is 11.2 Å². The van der Waals surface area contributed by atoms with Crippen LogP contribution in [0, 0.1) is 5.82 Å². The molecular weight excluding hydrogens is 252 g/mol. The topological polar surface area (TPSA) is 17.1 Å². The van der Waals surface area contributed by atoms with E-state index < -0.39 is 23.4 Å². The highest BCUT2D eigenvalue weighted by Crippen LogP contribution is 2.25. The number of hydrogen-bond acceptors (Lipinski definition) is 1. The molecule has 0 unspecified atom stereocenters. The molecule has 0 aromatic heterocycles. The van der Waals surface area contributed by atoms with E-state index in [1.165, 1.54) is 6.07 Å². The second-order valence-electron chi connectivity index (χ2n) is 2.83. The molecule has 0 saturated heterocycles. The van der Waals surface area contributed by atoms with E-state index in [1.54, 1.807) is 0 Å². The minimum absolute atomic E-state index is 0.0120. The lowest BCUT2D eigenvalue weighted by Gasteiger charge is -2.07. The molecule has 0 aliphatic heterocycles. The van der Waals surface area contributed by atoms with Crippen molar-refractivity contribution < 1.29 is 18.0 Å². The summed E-state index contributed by atoms with van der Waals surface area (Å²) in [7, 11) is 0. The van der Waals surface area contributed by atoms with Crippen molar-refractivity contribution in [3.05, 3.63) is 34.6 Å². The Labute approximate surface area is 93.8 Å². The first-order valence-corrected chi connectivity index (χ1v) is 4.60. The van der Waals surface area contributed by atoms with Gasteiger partial charge in [-0.05, 0) is 35.4 Å². The molecular formula is C9H5Cl2F3O. The van der Waals surface area contributed by atoms with E-state index in [9.17, 15) is 18.0 Å². The summed E-state index contributed by atoms with van der Waals surface area (Å²) in [5.74, 6) is -2.17. The van der Waals surface area contributed by atoms with E-state index in [1.807, 2.05) is 0 Å². The van der Waals surface area contributed by atoms with Crippen LogP contribution in [0.1, 0.15) is 5.56 Å². The number of alkyl halides is 3. The van der Waals surface area contributed by atoms with Crippen molar-refractivity contribution in [3.8, 4) is 0 Å². The maximum Gasteiger partial charge on any atom is 0.380 e. The van der Waals surface area contributed by atoms with Crippen molar-refractivity contribution in [2.75, 3.05) is 0 Å². The zero-order chi connectivity index (χ0) is 11.6. The predicted octanol–water partition coefficient (Wildman–Crippen LogP) is 3.42. The summed E-state index contributed by atoms with van der Waals surface area (Å²) >= 11 is 10.1. The Morgan fingerprint density at radius 2 is 2.00 bits per heavy atom. The summed E-state index contributed by atoms with van der Waals surface area (Å²) in [5, 5.41) is -3.90. The molecule has 82 valence electrons. The summed E-state index contributed by atoms with van der Waals surface area (Å²) in [6.07, 6.45) is -0.701. The number of hydrogen-bond donors (Lipinski definition) is 0. The molecule has 1 rings (SSSR count). The molecule has 0 aliphatic rings.